The van der Waals surface area contributed by atoms with Crippen LogP contribution in [-0.2, 0) is 11.3 Å². The van der Waals surface area contributed by atoms with Crippen LogP contribution in [0.2, 0.25) is 0 Å². The fraction of sp³-hybridized carbons (Fsp3) is 0.500. The van der Waals surface area contributed by atoms with Gasteiger partial charge in [0.25, 0.3) is 5.91 Å². The highest BCUT2D eigenvalue weighted by molar-refractivity contribution is 5.99. The van der Waals surface area contributed by atoms with Crippen molar-refractivity contribution in [1.29, 1.82) is 0 Å². The van der Waals surface area contributed by atoms with Gasteiger partial charge in [-0.15, -0.1) is 0 Å². The predicted molar refractivity (Wildman–Crippen MR) is 73.4 cm³/mol. The van der Waals surface area contributed by atoms with Gasteiger partial charge in [-0.25, -0.2) is 0 Å². The lowest BCUT2D eigenvalue weighted by Gasteiger charge is -2.33. The number of carbonyl (C=O) groups is 1. The van der Waals surface area contributed by atoms with Gasteiger partial charge in [-0.3, -0.25) is 4.79 Å². The Hall–Kier alpha value is -1.59. The number of carbonyl (C=O) groups excluding carboxylic acids is 1. The third-order valence-electron chi connectivity index (χ3n) is 3.15. The van der Waals surface area contributed by atoms with E-state index in [0.717, 1.165) is 23.5 Å². The molecule has 0 fully saturated rings. The Kier molecular flexibility index (Phi) is 4.39. The predicted octanol–water partition coefficient (Wildman–Crippen LogP) is 0.902. The van der Waals surface area contributed by atoms with E-state index in [0.29, 0.717) is 13.0 Å². The number of hydrogen-bond donors (Lipinski definition) is 2. The largest absolute Gasteiger partial charge is 0.479 e. The second-order valence-electron chi connectivity index (χ2n) is 4.66. The number of amides is 1. The lowest BCUT2D eigenvalue weighted by molar-refractivity contribution is -0.125. The van der Waals surface area contributed by atoms with E-state index < -0.39 is 6.10 Å². The van der Waals surface area contributed by atoms with Gasteiger partial charge in [-0.2, -0.15) is 0 Å². The van der Waals surface area contributed by atoms with Crippen molar-refractivity contribution in [3.63, 3.8) is 0 Å². The van der Waals surface area contributed by atoms with Crippen LogP contribution in [0, 0.1) is 0 Å². The number of benzene rings is 1. The quantitative estimate of drug-likeness (QED) is 0.829. The summed E-state index contributed by atoms with van der Waals surface area (Å²) in [7, 11) is 1.88. The van der Waals surface area contributed by atoms with Gasteiger partial charge in [0, 0.05) is 19.7 Å². The number of aliphatic hydroxyl groups is 1. The summed E-state index contributed by atoms with van der Waals surface area (Å²) in [6.07, 6.45) is 0.0927. The van der Waals surface area contributed by atoms with Crippen molar-refractivity contribution < 1.29 is 14.6 Å². The number of hydrogen-bond acceptors (Lipinski definition) is 4. The van der Waals surface area contributed by atoms with Gasteiger partial charge < -0.3 is 20.1 Å². The van der Waals surface area contributed by atoms with Gasteiger partial charge in [-0.05, 0) is 38.1 Å². The molecule has 0 spiro atoms. The summed E-state index contributed by atoms with van der Waals surface area (Å²) in [5.41, 5.74) is 1.89. The van der Waals surface area contributed by atoms with Crippen LogP contribution in [0.25, 0.3) is 0 Å². The van der Waals surface area contributed by atoms with E-state index in [1.165, 1.54) is 0 Å². The molecule has 19 heavy (non-hydrogen) atoms. The van der Waals surface area contributed by atoms with E-state index in [2.05, 4.69) is 5.32 Å². The second-order valence-corrected chi connectivity index (χ2v) is 4.66. The molecule has 1 unspecified atom stereocenters. The van der Waals surface area contributed by atoms with Gasteiger partial charge in [0.1, 0.15) is 5.75 Å². The summed E-state index contributed by atoms with van der Waals surface area (Å²) in [5.74, 6) is 0.674. The Morgan fingerprint density at radius 2 is 2.26 bits per heavy atom. The van der Waals surface area contributed by atoms with E-state index in [4.69, 9.17) is 9.84 Å². The monoisotopic (exact) mass is 264 g/mol. The van der Waals surface area contributed by atoms with Gasteiger partial charge in [0.2, 0.25) is 0 Å². The van der Waals surface area contributed by atoms with Crippen LogP contribution in [0.3, 0.4) is 0 Å². The molecule has 0 saturated carbocycles. The van der Waals surface area contributed by atoms with Crippen molar-refractivity contribution in [3.8, 4) is 5.75 Å². The fourth-order valence-corrected chi connectivity index (χ4v) is 2.23. The standard InChI is InChI=1S/C14H20N2O3/c1-10-14(18)16(6-3-7-17)12-8-11(9-15-2)4-5-13(12)19-10/h4-5,8,10,15,17H,3,6-7,9H2,1-2H3. The third-order valence-corrected chi connectivity index (χ3v) is 3.15. The van der Waals surface area contributed by atoms with Crippen molar-refractivity contribution in [2.75, 3.05) is 25.1 Å². The Morgan fingerprint density at radius 3 is 2.95 bits per heavy atom. The van der Waals surface area contributed by atoms with Crippen LogP contribution in [-0.4, -0.2) is 37.3 Å². The maximum absolute atomic E-state index is 12.2. The molecular weight excluding hydrogens is 244 g/mol. The molecule has 1 aliphatic rings. The highest BCUT2D eigenvalue weighted by Gasteiger charge is 2.31. The normalized spacial score (nSPS) is 18.2. The minimum atomic E-state index is -0.471. The van der Waals surface area contributed by atoms with E-state index >= 15 is 0 Å². The maximum Gasteiger partial charge on any atom is 0.267 e. The number of ether oxygens (including phenoxy) is 1. The first-order valence-corrected chi connectivity index (χ1v) is 6.53. The molecule has 2 rings (SSSR count). The van der Waals surface area contributed by atoms with Crippen LogP contribution in [0.1, 0.15) is 18.9 Å². The minimum Gasteiger partial charge on any atom is -0.479 e. The fourth-order valence-electron chi connectivity index (χ4n) is 2.23. The van der Waals surface area contributed by atoms with Crippen LogP contribution < -0.4 is 15.0 Å². The summed E-state index contributed by atoms with van der Waals surface area (Å²) in [6, 6.07) is 5.85. The Labute approximate surface area is 113 Å². The summed E-state index contributed by atoms with van der Waals surface area (Å²) < 4.78 is 5.61. The topological polar surface area (TPSA) is 61.8 Å². The SMILES string of the molecule is CNCc1ccc2c(c1)N(CCCO)C(=O)C(C)O2. The molecule has 5 heteroatoms. The van der Waals surface area contributed by atoms with Crippen LogP contribution in [0.5, 0.6) is 5.75 Å². The first-order chi connectivity index (χ1) is 9.17. The lowest BCUT2D eigenvalue weighted by atomic mass is 10.1. The van der Waals surface area contributed by atoms with Crippen molar-refractivity contribution in [1.82, 2.24) is 5.32 Å². The summed E-state index contributed by atoms with van der Waals surface area (Å²) in [5, 5.41) is 12.0. The van der Waals surface area contributed by atoms with E-state index in [1.807, 2.05) is 25.2 Å². The van der Waals surface area contributed by atoms with Crippen molar-refractivity contribution in [2.45, 2.75) is 26.0 Å². The van der Waals surface area contributed by atoms with Crippen molar-refractivity contribution in [3.05, 3.63) is 23.8 Å². The summed E-state index contributed by atoms with van der Waals surface area (Å²) in [6.45, 7) is 3.08. The number of rotatable bonds is 5. The van der Waals surface area contributed by atoms with E-state index in [1.54, 1.807) is 11.8 Å². The second kappa shape index (κ2) is 6.04. The van der Waals surface area contributed by atoms with Gasteiger partial charge in [0.15, 0.2) is 6.10 Å². The molecule has 0 radical (unpaired) electrons. The average Bonchev–Trinajstić information content (AvgIpc) is 2.40. The zero-order valence-corrected chi connectivity index (χ0v) is 11.3. The smallest absolute Gasteiger partial charge is 0.267 e. The Bertz CT molecular complexity index is 462. The molecule has 2 N–H and O–H groups in total. The molecule has 0 bridgehead atoms. The highest BCUT2D eigenvalue weighted by atomic mass is 16.5. The van der Waals surface area contributed by atoms with Crippen molar-refractivity contribution in [2.24, 2.45) is 0 Å². The lowest BCUT2D eigenvalue weighted by Crippen LogP contribution is -2.45. The molecule has 1 heterocycles. The summed E-state index contributed by atoms with van der Waals surface area (Å²) >= 11 is 0. The molecule has 1 aromatic carbocycles. The van der Waals surface area contributed by atoms with Crippen LogP contribution in [0.4, 0.5) is 5.69 Å². The molecular formula is C14H20N2O3. The Balaban J connectivity index is 2.33. The highest BCUT2D eigenvalue weighted by Crippen LogP contribution is 2.34. The molecule has 5 nitrogen and oxygen atoms in total. The van der Waals surface area contributed by atoms with Crippen LogP contribution >= 0.6 is 0 Å². The zero-order chi connectivity index (χ0) is 13.8. The molecule has 1 aromatic rings. The summed E-state index contributed by atoms with van der Waals surface area (Å²) in [4.78, 5) is 13.9. The first kappa shape index (κ1) is 13.8. The molecule has 1 aliphatic heterocycles. The van der Waals surface area contributed by atoms with Crippen molar-refractivity contribution >= 4 is 11.6 Å². The van der Waals surface area contributed by atoms with Crippen LogP contribution in [0.15, 0.2) is 18.2 Å². The minimum absolute atomic E-state index is 0.0532. The number of nitrogens with one attached hydrogen (secondary N) is 1. The number of nitrogens with zero attached hydrogens (tertiary/aromatic N) is 1. The van der Waals surface area contributed by atoms with Gasteiger partial charge >= 0.3 is 0 Å². The number of aliphatic hydroxyl groups excluding tert-OH is 1. The number of anilines is 1. The maximum atomic E-state index is 12.2. The first-order valence-electron chi connectivity index (χ1n) is 6.53. The molecule has 0 aromatic heterocycles. The molecule has 0 saturated heterocycles. The van der Waals surface area contributed by atoms with E-state index in [9.17, 15) is 4.79 Å². The molecule has 104 valence electrons. The Morgan fingerprint density at radius 1 is 1.47 bits per heavy atom. The third kappa shape index (κ3) is 2.88. The number of fused-ring (bicyclic) bond motifs is 1. The molecule has 0 aliphatic carbocycles. The van der Waals surface area contributed by atoms with Gasteiger partial charge in [-0.1, -0.05) is 6.07 Å². The van der Waals surface area contributed by atoms with E-state index in [-0.39, 0.29) is 12.5 Å². The molecule has 1 atom stereocenters. The molecule has 1 amide bonds. The average molecular weight is 264 g/mol. The zero-order valence-electron chi connectivity index (χ0n) is 11.3. The van der Waals surface area contributed by atoms with Gasteiger partial charge in [0.05, 0.1) is 5.69 Å².